The Hall–Kier alpha value is -1.46. The third-order valence-corrected chi connectivity index (χ3v) is 3.74. The SMILES string of the molecule is CCNCc1ccnc(N(C)Cc2ccc(Br)cc2)c1F. The standard InChI is InChI=1S/C16H19BrFN3/c1-3-19-10-13-8-9-20-16(15(13)18)21(2)11-12-4-6-14(17)7-5-12/h4-9,19H,3,10-11H2,1-2H3. The average molecular weight is 352 g/mol. The number of nitrogens with one attached hydrogen (secondary N) is 1. The van der Waals surface area contributed by atoms with Crippen LogP contribution in [0.2, 0.25) is 0 Å². The summed E-state index contributed by atoms with van der Waals surface area (Å²) in [6.45, 7) is 3.94. The number of aromatic nitrogens is 1. The van der Waals surface area contributed by atoms with Crippen molar-refractivity contribution in [3.05, 3.63) is 57.9 Å². The molecule has 112 valence electrons. The van der Waals surface area contributed by atoms with Crippen molar-refractivity contribution in [3.8, 4) is 0 Å². The van der Waals surface area contributed by atoms with Crippen LogP contribution in [0.3, 0.4) is 0 Å². The van der Waals surface area contributed by atoms with Gasteiger partial charge in [0.25, 0.3) is 0 Å². The van der Waals surface area contributed by atoms with Crippen LogP contribution in [-0.2, 0) is 13.1 Å². The van der Waals surface area contributed by atoms with Gasteiger partial charge in [0.05, 0.1) is 0 Å². The van der Waals surface area contributed by atoms with Crippen molar-refractivity contribution in [2.24, 2.45) is 0 Å². The predicted octanol–water partition coefficient (Wildman–Crippen LogP) is 3.73. The fraction of sp³-hybridized carbons (Fsp3) is 0.312. The third kappa shape index (κ3) is 4.25. The van der Waals surface area contributed by atoms with Crippen LogP contribution in [0.5, 0.6) is 0 Å². The van der Waals surface area contributed by atoms with Crippen molar-refractivity contribution in [2.45, 2.75) is 20.0 Å². The number of nitrogens with zero attached hydrogens (tertiary/aromatic N) is 2. The lowest BCUT2D eigenvalue weighted by Crippen LogP contribution is -2.21. The number of pyridine rings is 1. The molecule has 2 aromatic rings. The first-order valence-electron chi connectivity index (χ1n) is 6.91. The molecule has 1 aromatic heterocycles. The molecule has 21 heavy (non-hydrogen) atoms. The average Bonchev–Trinajstić information content (AvgIpc) is 2.48. The van der Waals surface area contributed by atoms with Gasteiger partial charge >= 0.3 is 0 Å². The molecule has 5 heteroatoms. The van der Waals surface area contributed by atoms with Crippen LogP contribution < -0.4 is 10.2 Å². The molecular weight excluding hydrogens is 333 g/mol. The van der Waals surface area contributed by atoms with E-state index in [1.807, 2.05) is 43.1 Å². The molecule has 0 radical (unpaired) electrons. The number of hydrogen-bond donors (Lipinski definition) is 1. The van der Waals surface area contributed by atoms with E-state index in [1.54, 1.807) is 12.3 Å². The largest absolute Gasteiger partial charge is 0.353 e. The van der Waals surface area contributed by atoms with E-state index in [2.05, 4.69) is 26.2 Å². The van der Waals surface area contributed by atoms with Crippen LogP contribution in [0.4, 0.5) is 10.2 Å². The fourth-order valence-electron chi connectivity index (χ4n) is 2.07. The molecule has 1 heterocycles. The first kappa shape index (κ1) is 15.9. The molecule has 1 N–H and O–H groups in total. The molecule has 0 spiro atoms. The summed E-state index contributed by atoms with van der Waals surface area (Å²) in [7, 11) is 1.85. The Morgan fingerprint density at radius 1 is 1.24 bits per heavy atom. The highest BCUT2D eigenvalue weighted by atomic mass is 79.9. The third-order valence-electron chi connectivity index (χ3n) is 3.21. The fourth-order valence-corrected chi connectivity index (χ4v) is 2.34. The van der Waals surface area contributed by atoms with Crippen molar-refractivity contribution in [3.63, 3.8) is 0 Å². The Balaban J connectivity index is 2.14. The van der Waals surface area contributed by atoms with Gasteiger partial charge in [-0.3, -0.25) is 0 Å². The lowest BCUT2D eigenvalue weighted by Gasteiger charge is -2.20. The van der Waals surface area contributed by atoms with Gasteiger partial charge in [0.2, 0.25) is 0 Å². The second-order valence-corrected chi connectivity index (χ2v) is 5.79. The van der Waals surface area contributed by atoms with Crippen LogP contribution in [0.25, 0.3) is 0 Å². The minimum Gasteiger partial charge on any atom is -0.353 e. The molecule has 3 nitrogen and oxygen atoms in total. The minimum atomic E-state index is -0.252. The van der Waals surface area contributed by atoms with Crippen molar-refractivity contribution in [2.75, 3.05) is 18.5 Å². The Kier molecular flexibility index (Phi) is 5.70. The highest BCUT2D eigenvalue weighted by molar-refractivity contribution is 9.10. The molecule has 0 aliphatic carbocycles. The number of benzene rings is 1. The van der Waals surface area contributed by atoms with Crippen LogP contribution in [0, 0.1) is 5.82 Å². The normalized spacial score (nSPS) is 10.7. The maximum atomic E-state index is 14.5. The smallest absolute Gasteiger partial charge is 0.170 e. The van der Waals surface area contributed by atoms with E-state index in [0.29, 0.717) is 24.5 Å². The monoisotopic (exact) mass is 351 g/mol. The van der Waals surface area contributed by atoms with Crippen LogP contribution in [0.15, 0.2) is 41.0 Å². The summed E-state index contributed by atoms with van der Waals surface area (Å²) >= 11 is 3.41. The molecule has 0 bridgehead atoms. The molecule has 0 aliphatic rings. The van der Waals surface area contributed by atoms with Crippen LogP contribution in [0.1, 0.15) is 18.1 Å². The molecule has 0 atom stereocenters. The molecule has 2 rings (SSSR count). The lowest BCUT2D eigenvalue weighted by atomic mass is 10.2. The van der Waals surface area contributed by atoms with Gasteiger partial charge in [0.1, 0.15) is 0 Å². The summed E-state index contributed by atoms with van der Waals surface area (Å²) in [5, 5.41) is 3.14. The van der Waals surface area contributed by atoms with Gasteiger partial charge in [-0.25, -0.2) is 9.37 Å². The van der Waals surface area contributed by atoms with E-state index in [0.717, 1.165) is 16.6 Å². The molecular formula is C16H19BrFN3. The molecule has 0 amide bonds. The zero-order valence-corrected chi connectivity index (χ0v) is 13.8. The second-order valence-electron chi connectivity index (χ2n) is 4.87. The van der Waals surface area contributed by atoms with Gasteiger partial charge in [-0.05, 0) is 30.3 Å². The maximum Gasteiger partial charge on any atom is 0.170 e. The summed E-state index contributed by atoms with van der Waals surface area (Å²) in [5.74, 6) is 0.131. The Morgan fingerprint density at radius 3 is 2.62 bits per heavy atom. The van der Waals surface area contributed by atoms with Crippen molar-refractivity contribution < 1.29 is 4.39 Å². The maximum absolute atomic E-state index is 14.5. The Labute approximate surface area is 133 Å². The summed E-state index contributed by atoms with van der Waals surface area (Å²) in [6.07, 6.45) is 1.66. The number of anilines is 1. The number of rotatable bonds is 6. The second kappa shape index (κ2) is 7.52. The van der Waals surface area contributed by atoms with Crippen LogP contribution in [-0.4, -0.2) is 18.6 Å². The highest BCUT2D eigenvalue weighted by Gasteiger charge is 2.13. The van der Waals surface area contributed by atoms with Crippen molar-refractivity contribution in [1.82, 2.24) is 10.3 Å². The molecule has 0 fully saturated rings. The van der Waals surface area contributed by atoms with Gasteiger partial charge in [0.15, 0.2) is 11.6 Å². The van der Waals surface area contributed by atoms with Gasteiger partial charge < -0.3 is 10.2 Å². The molecule has 0 unspecified atom stereocenters. The number of hydrogen-bond acceptors (Lipinski definition) is 3. The Bertz CT molecular complexity index is 587. The number of halogens is 2. The van der Waals surface area contributed by atoms with E-state index in [9.17, 15) is 4.39 Å². The van der Waals surface area contributed by atoms with Crippen molar-refractivity contribution in [1.29, 1.82) is 0 Å². The highest BCUT2D eigenvalue weighted by Crippen LogP contribution is 2.20. The molecule has 0 aliphatic heterocycles. The van der Waals surface area contributed by atoms with Gasteiger partial charge in [0, 0.05) is 36.4 Å². The molecule has 0 saturated heterocycles. The summed E-state index contributed by atoms with van der Waals surface area (Å²) in [4.78, 5) is 6.00. The molecule has 0 saturated carbocycles. The van der Waals surface area contributed by atoms with E-state index >= 15 is 0 Å². The van der Waals surface area contributed by atoms with Gasteiger partial charge in [-0.2, -0.15) is 0 Å². The van der Waals surface area contributed by atoms with Crippen LogP contribution >= 0.6 is 15.9 Å². The summed E-state index contributed by atoms with van der Waals surface area (Å²) in [5.41, 5.74) is 1.75. The zero-order valence-electron chi connectivity index (χ0n) is 12.2. The van der Waals surface area contributed by atoms with E-state index in [4.69, 9.17) is 0 Å². The van der Waals surface area contributed by atoms with Gasteiger partial charge in [-0.15, -0.1) is 0 Å². The first-order valence-corrected chi connectivity index (χ1v) is 7.70. The summed E-state index contributed by atoms with van der Waals surface area (Å²) < 4.78 is 15.5. The van der Waals surface area contributed by atoms with E-state index < -0.39 is 0 Å². The lowest BCUT2D eigenvalue weighted by molar-refractivity contribution is 0.583. The Morgan fingerprint density at radius 2 is 1.95 bits per heavy atom. The first-order chi connectivity index (χ1) is 10.1. The van der Waals surface area contributed by atoms with E-state index in [1.165, 1.54) is 0 Å². The van der Waals surface area contributed by atoms with Gasteiger partial charge in [-0.1, -0.05) is 35.0 Å². The predicted molar refractivity (Wildman–Crippen MR) is 87.8 cm³/mol. The van der Waals surface area contributed by atoms with E-state index in [-0.39, 0.29) is 5.82 Å². The molecule has 1 aromatic carbocycles. The summed E-state index contributed by atoms with van der Waals surface area (Å²) in [6, 6.07) is 9.71. The topological polar surface area (TPSA) is 28.2 Å². The quantitative estimate of drug-likeness (QED) is 0.859. The van der Waals surface area contributed by atoms with Crippen molar-refractivity contribution >= 4 is 21.7 Å². The zero-order chi connectivity index (χ0) is 15.2. The minimum absolute atomic E-state index is 0.252.